The summed E-state index contributed by atoms with van der Waals surface area (Å²) in [6.45, 7) is 1.46. The summed E-state index contributed by atoms with van der Waals surface area (Å²) < 4.78 is 0. The van der Waals surface area contributed by atoms with E-state index in [1.165, 1.54) is 19.4 Å². The summed E-state index contributed by atoms with van der Waals surface area (Å²) in [7, 11) is 0. The molecule has 28 heavy (non-hydrogen) atoms. The molecule has 11 nitrogen and oxygen atoms in total. The Balaban J connectivity index is 2.73. The molecule has 0 bridgehead atoms. The number of hydrogen-bond acceptors (Lipinski definition) is 8. The normalized spacial score (nSPS) is 15.0. The van der Waals surface area contributed by atoms with Crippen LogP contribution in [-0.2, 0) is 25.6 Å². The van der Waals surface area contributed by atoms with Crippen LogP contribution in [0, 0.1) is 0 Å². The number of thiol groups is 2. The minimum Gasteiger partial charge on any atom is -0.480 e. The van der Waals surface area contributed by atoms with Gasteiger partial charge < -0.3 is 31.8 Å². The van der Waals surface area contributed by atoms with Gasteiger partial charge in [-0.3, -0.25) is 14.4 Å². The molecule has 1 aromatic rings. The first-order chi connectivity index (χ1) is 13.2. The molecule has 3 amide bonds. The Morgan fingerprint density at radius 2 is 1.57 bits per heavy atom. The Hall–Kier alpha value is -2.25. The number of rotatable bonds is 11. The third-order valence-corrected chi connectivity index (χ3v) is 4.37. The number of carboxylic acids is 1. The number of nitrogens with two attached hydrogens (primary N) is 1. The van der Waals surface area contributed by atoms with Crippen LogP contribution in [0.5, 0.6) is 0 Å². The lowest BCUT2D eigenvalue weighted by molar-refractivity contribution is -0.142. The molecule has 0 saturated carbocycles. The number of carbonyl (C=O) groups is 4. The zero-order valence-corrected chi connectivity index (χ0v) is 16.9. The number of imidazole rings is 1. The van der Waals surface area contributed by atoms with Crippen molar-refractivity contribution in [2.45, 2.75) is 37.5 Å². The summed E-state index contributed by atoms with van der Waals surface area (Å²) in [6.07, 6.45) is 2.82. The summed E-state index contributed by atoms with van der Waals surface area (Å²) in [5, 5.41) is 16.5. The van der Waals surface area contributed by atoms with Gasteiger partial charge in [-0.25, -0.2) is 9.78 Å². The number of carbonyl (C=O) groups excluding carboxylic acids is 3. The van der Waals surface area contributed by atoms with Crippen molar-refractivity contribution in [1.82, 2.24) is 25.9 Å². The Morgan fingerprint density at radius 1 is 1.07 bits per heavy atom. The van der Waals surface area contributed by atoms with Gasteiger partial charge in [0.2, 0.25) is 17.7 Å². The Labute approximate surface area is 172 Å². The fourth-order valence-electron chi connectivity index (χ4n) is 2.05. The monoisotopic (exact) mass is 432 g/mol. The highest BCUT2D eigenvalue weighted by Crippen LogP contribution is 2.01. The number of nitrogens with zero attached hydrogens (tertiary/aromatic N) is 1. The van der Waals surface area contributed by atoms with E-state index in [4.69, 9.17) is 5.73 Å². The van der Waals surface area contributed by atoms with Crippen LogP contribution in [0.2, 0.25) is 0 Å². The number of carboxylic acid groups (broad SMARTS) is 1. The maximum atomic E-state index is 12.4. The number of hydrogen-bond donors (Lipinski definition) is 8. The van der Waals surface area contributed by atoms with Crippen LogP contribution in [0.3, 0.4) is 0 Å². The lowest BCUT2D eigenvalue weighted by Gasteiger charge is -2.23. The van der Waals surface area contributed by atoms with E-state index < -0.39 is 47.9 Å². The first-order valence-corrected chi connectivity index (χ1v) is 9.54. The first kappa shape index (κ1) is 23.8. The van der Waals surface area contributed by atoms with Gasteiger partial charge in [0.1, 0.15) is 18.1 Å². The number of nitrogens with one attached hydrogen (secondary N) is 4. The highest BCUT2D eigenvalue weighted by molar-refractivity contribution is 7.80. The van der Waals surface area contributed by atoms with E-state index in [9.17, 15) is 24.3 Å². The molecule has 0 fully saturated rings. The van der Waals surface area contributed by atoms with Gasteiger partial charge in [-0.2, -0.15) is 25.3 Å². The lowest BCUT2D eigenvalue weighted by Crippen LogP contribution is -2.58. The molecular formula is C15H24N6O5S2. The lowest BCUT2D eigenvalue weighted by atomic mass is 10.1. The zero-order chi connectivity index (χ0) is 21.3. The van der Waals surface area contributed by atoms with Gasteiger partial charge >= 0.3 is 5.97 Å². The minimum atomic E-state index is -1.25. The molecule has 1 aromatic heterocycles. The van der Waals surface area contributed by atoms with Crippen LogP contribution in [0.4, 0.5) is 0 Å². The number of aliphatic carboxylic acids is 1. The van der Waals surface area contributed by atoms with Crippen LogP contribution in [0.25, 0.3) is 0 Å². The second kappa shape index (κ2) is 11.6. The predicted molar refractivity (Wildman–Crippen MR) is 107 cm³/mol. The zero-order valence-electron chi connectivity index (χ0n) is 15.1. The standard InChI is InChI=1S/C15H24N6O5S2/c1-7(16)12(22)20-10(4-27)14(24)21-11(5-28)13(23)19-9(15(25)26)2-8-3-17-6-18-8/h3,6-7,9-11,27-28H,2,4-5,16H2,1H3,(H,17,18)(H,19,23)(H,20,22)(H,21,24)(H,25,26). The van der Waals surface area contributed by atoms with Crippen LogP contribution in [0.15, 0.2) is 12.5 Å². The van der Waals surface area contributed by atoms with Crippen molar-refractivity contribution in [1.29, 1.82) is 0 Å². The summed E-state index contributed by atoms with van der Waals surface area (Å²) in [6, 6.07) is -4.19. The minimum absolute atomic E-state index is 0.0159. The van der Waals surface area contributed by atoms with Gasteiger partial charge in [0.25, 0.3) is 0 Å². The van der Waals surface area contributed by atoms with Crippen molar-refractivity contribution in [2.24, 2.45) is 5.73 Å². The molecule has 0 aliphatic carbocycles. The van der Waals surface area contributed by atoms with Crippen LogP contribution in [0.1, 0.15) is 12.6 Å². The van der Waals surface area contributed by atoms with E-state index in [1.807, 2.05) is 0 Å². The molecule has 0 radical (unpaired) electrons. The maximum Gasteiger partial charge on any atom is 0.326 e. The smallest absolute Gasteiger partial charge is 0.326 e. The van der Waals surface area contributed by atoms with Crippen molar-refractivity contribution in [2.75, 3.05) is 11.5 Å². The van der Waals surface area contributed by atoms with Crippen molar-refractivity contribution in [3.63, 3.8) is 0 Å². The van der Waals surface area contributed by atoms with Crippen molar-refractivity contribution in [3.05, 3.63) is 18.2 Å². The molecule has 1 rings (SSSR count). The molecule has 13 heteroatoms. The molecule has 0 spiro atoms. The molecule has 4 unspecified atom stereocenters. The largest absolute Gasteiger partial charge is 0.480 e. The van der Waals surface area contributed by atoms with Crippen LogP contribution >= 0.6 is 25.3 Å². The van der Waals surface area contributed by atoms with Crippen LogP contribution < -0.4 is 21.7 Å². The average molecular weight is 433 g/mol. The first-order valence-electron chi connectivity index (χ1n) is 8.28. The average Bonchev–Trinajstić information content (AvgIpc) is 3.15. The highest BCUT2D eigenvalue weighted by atomic mass is 32.1. The van der Waals surface area contributed by atoms with E-state index in [-0.39, 0.29) is 17.9 Å². The third kappa shape index (κ3) is 7.40. The number of aromatic nitrogens is 2. The second-order valence-electron chi connectivity index (χ2n) is 5.96. The molecule has 0 aliphatic heterocycles. The fourth-order valence-corrected chi connectivity index (χ4v) is 2.57. The van der Waals surface area contributed by atoms with Crippen LogP contribution in [-0.4, -0.2) is 74.4 Å². The maximum absolute atomic E-state index is 12.4. The van der Waals surface area contributed by atoms with Crippen molar-refractivity contribution >= 4 is 48.9 Å². The van der Waals surface area contributed by atoms with Gasteiger partial charge in [0.05, 0.1) is 12.4 Å². The van der Waals surface area contributed by atoms with Gasteiger partial charge in [0, 0.05) is 29.8 Å². The summed E-state index contributed by atoms with van der Waals surface area (Å²) in [4.78, 5) is 54.3. The van der Waals surface area contributed by atoms with E-state index >= 15 is 0 Å². The number of amides is 3. The van der Waals surface area contributed by atoms with E-state index in [2.05, 4.69) is 51.2 Å². The highest BCUT2D eigenvalue weighted by Gasteiger charge is 2.29. The molecular weight excluding hydrogens is 408 g/mol. The molecule has 156 valence electrons. The Kier molecular flexibility index (Phi) is 9.82. The fraction of sp³-hybridized carbons (Fsp3) is 0.533. The molecule has 0 saturated heterocycles. The summed E-state index contributed by atoms with van der Waals surface area (Å²) >= 11 is 8.04. The predicted octanol–water partition coefficient (Wildman–Crippen LogP) is -2.30. The molecule has 1 heterocycles. The number of aromatic amines is 1. The number of H-pyrrole nitrogens is 1. The topological polar surface area (TPSA) is 179 Å². The Bertz CT molecular complexity index is 684. The van der Waals surface area contributed by atoms with Gasteiger partial charge in [-0.1, -0.05) is 0 Å². The van der Waals surface area contributed by atoms with Crippen molar-refractivity contribution in [3.8, 4) is 0 Å². The van der Waals surface area contributed by atoms with Gasteiger partial charge in [0.15, 0.2) is 0 Å². The van der Waals surface area contributed by atoms with Gasteiger partial charge in [-0.15, -0.1) is 0 Å². The van der Waals surface area contributed by atoms with E-state index in [0.717, 1.165) is 0 Å². The molecule has 0 aliphatic rings. The van der Waals surface area contributed by atoms with Crippen molar-refractivity contribution < 1.29 is 24.3 Å². The molecule has 7 N–H and O–H groups in total. The quantitative estimate of drug-likeness (QED) is 0.181. The SMILES string of the molecule is CC(N)C(=O)NC(CS)C(=O)NC(CS)C(=O)NC(Cc1cnc[nH]1)C(=O)O. The second-order valence-corrected chi connectivity index (χ2v) is 6.69. The third-order valence-electron chi connectivity index (χ3n) is 3.64. The van der Waals surface area contributed by atoms with Gasteiger partial charge in [-0.05, 0) is 6.92 Å². The summed E-state index contributed by atoms with van der Waals surface area (Å²) in [5.74, 6) is -3.31. The Morgan fingerprint density at radius 3 is 1.96 bits per heavy atom. The summed E-state index contributed by atoms with van der Waals surface area (Å²) in [5.41, 5.74) is 5.97. The molecule has 4 atom stereocenters. The molecule has 0 aromatic carbocycles. The van der Waals surface area contributed by atoms with E-state index in [0.29, 0.717) is 5.69 Å². The van der Waals surface area contributed by atoms with E-state index in [1.54, 1.807) is 0 Å².